The van der Waals surface area contributed by atoms with Gasteiger partial charge < -0.3 is 10.4 Å². The Morgan fingerprint density at radius 1 is 1.53 bits per heavy atom. The van der Waals surface area contributed by atoms with Crippen LogP contribution in [0.5, 0.6) is 0 Å². The van der Waals surface area contributed by atoms with Crippen LogP contribution in [0.3, 0.4) is 0 Å². The molecule has 1 fully saturated rings. The van der Waals surface area contributed by atoms with E-state index in [1.807, 2.05) is 6.92 Å². The zero-order valence-electron chi connectivity index (χ0n) is 8.86. The summed E-state index contributed by atoms with van der Waals surface area (Å²) in [6, 6.07) is 0. The maximum Gasteiger partial charge on any atom is 0.304 e. The van der Waals surface area contributed by atoms with Crippen molar-refractivity contribution in [2.45, 2.75) is 31.4 Å². The first-order valence-electron chi connectivity index (χ1n) is 5.18. The van der Waals surface area contributed by atoms with Crippen molar-refractivity contribution in [2.75, 3.05) is 12.3 Å². The Bertz CT molecular complexity index is 241. The number of hydrogen-bond donors (Lipinski definition) is 2. The van der Waals surface area contributed by atoms with Gasteiger partial charge in [0.2, 0.25) is 5.91 Å². The summed E-state index contributed by atoms with van der Waals surface area (Å²) in [6.07, 6.45) is 2.56. The zero-order valence-corrected chi connectivity index (χ0v) is 9.68. The lowest BCUT2D eigenvalue weighted by molar-refractivity contribution is -0.136. The molecule has 0 heterocycles. The molecular weight excluding hydrogens is 214 g/mol. The number of carboxylic acid groups (broad SMARTS) is 1. The van der Waals surface area contributed by atoms with E-state index in [1.165, 1.54) is 24.6 Å². The largest absolute Gasteiger partial charge is 0.481 e. The third kappa shape index (κ3) is 6.38. The molecule has 4 nitrogen and oxygen atoms in total. The minimum Gasteiger partial charge on any atom is -0.481 e. The highest BCUT2D eigenvalue weighted by molar-refractivity contribution is 8.00. The molecule has 0 radical (unpaired) electrons. The molecule has 1 amide bonds. The van der Waals surface area contributed by atoms with E-state index in [0.717, 1.165) is 6.54 Å². The molecule has 0 spiro atoms. The van der Waals surface area contributed by atoms with Gasteiger partial charge in [0.05, 0.1) is 12.2 Å². The smallest absolute Gasteiger partial charge is 0.304 e. The number of nitrogens with one attached hydrogen (secondary N) is 1. The summed E-state index contributed by atoms with van der Waals surface area (Å²) in [4.78, 5) is 21.6. The lowest BCUT2D eigenvalue weighted by Crippen LogP contribution is -2.27. The van der Waals surface area contributed by atoms with Gasteiger partial charge in [-0.3, -0.25) is 9.59 Å². The fourth-order valence-electron chi connectivity index (χ4n) is 1.15. The fourth-order valence-corrected chi connectivity index (χ4v) is 1.95. The Labute approximate surface area is 93.8 Å². The number of aliphatic carboxylic acids is 1. The molecule has 0 aromatic carbocycles. The minimum atomic E-state index is -0.812. The number of carboxylic acids is 1. The zero-order chi connectivity index (χ0) is 11.3. The van der Waals surface area contributed by atoms with Crippen LogP contribution in [0.25, 0.3) is 0 Å². The molecule has 1 atom stereocenters. The molecule has 15 heavy (non-hydrogen) atoms. The van der Waals surface area contributed by atoms with Gasteiger partial charge in [-0.1, -0.05) is 6.92 Å². The SMILES string of the molecule is CC(CC(=O)O)SCC(=O)NCC1CC1. The number of amides is 1. The summed E-state index contributed by atoms with van der Waals surface area (Å²) in [7, 11) is 0. The molecule has 0 bridgehead atoms. The van der Waals surface area contributed by atoms with E-state index >= 15 is 0 Å². The summed E-state index contributed by atoms with van der Waals surface area (Å²) in [5.74, 6) is 0.258. The summed E-state index contributed by atoms with van der Waals surface area (Å²) < 4.78 is 0. The van der Waals surface area contributed by atoms with Gasteiger partial charge in [-0.25, -0.2) is 0 Å². The first-order valence-corrected chi connectivity index (χ1v) is 6.23. The number of thioether (sulfide) groups is 1. The van der Waals surface area contributed by atoms with E-state index in [9.17, 15) is 9.59 Å². The second kappa shape index (κ2) is 6.00. The molecule has 1 saturated carbocycles. The predicted molar refractivity (Wildman–Crippen MR) is 59.9 cm³/mol. The molecule has 0 aromatic rings. The minimum absolute atomic E-state index is 0.00539. The van der Waals surface area contributed by atoms with Gasteiger partial charge >= 0.3 is 5.97 Å². The van der Waals surface area contributed by atoms with Crippen molar-refractivity contribution in [3.63, 3.8) is 0 Å². The van der Waals surface area contributed by atoms with E-state index < -0.39 is 5.97 Å². The van der Waals surface area contributed by atoms with Crippen LogP contribution in [0.15, 0.2) is 0 Å². The van der Waals surface area contributed by atoms with Gasteiger partial charge in [-0.15, -0.1) is 11.8 Å². The topological polar surface area (TPSA) is 66.4 Å². The van der Waals surface area contributed by atoms with Crippen LogP contribution < -0.4 is 5.32 Å². The van der Waals surface area contributed by atoms with Gasteiger partial charge in [0.1, 0.15) is 0 Å². The molecule has 1 aliphatic rings. The number of carbonyl (C=O) groups excluding carboxylic acids is 1. The van der Waals surface area contributed by atoms with E-state index in [1.54, 1.807) is 0 Å². The van der Waals surface area contributed by atoms with Crippen LogP contribution in [0.2, 0.25) is 0 Å². The van der Waals surface area contributed by atoms with E-state index in [4.69, 9.17) is 5.11 Å². The third-order valence-electron chi connectivity index (χ3n) is 2.25. The molecular formula is C10H17NO3S. The van der Waals surface area contributed by atoms with Crippen LogP contribution in [-0.2, 0) is 9.59 Å². The third-order valence-corrected chi connectivity index (χ3v) is 3.41. The number of rotatable bonds is 7. The van der Waals surface area contributed by atoms with Gasteiger partial charge in [-0.2, -0.15) is 0 Å². The summed E-state index contributed by atoms with van der Waals surface area (Å²) >= 11 is 1.39. The standard InChI is InChI=1S/C10H17NO3S/c1-7(4-10(13)14)15-6-9(12)11-5-8-2-3-8/h7-8H,2-6H2,1H3,(H,11,12)(H,13,14). The van der Waals surface area contributed by atoms with Gasteiger partial charge in [0.25, 0.3) is 0 Å². The van der Waals surface area contributed by atoms with Crippen LogP contribution >= 0.6 is 11.8 Å². The molecule has 1 rings (SSSR count). The number of carbonyl (C=O) groups is 2. The average Bonchev–Trinajstić information content (AvgIpc) is 2.93. The van der Waals surface area contributed by atoms with Crippen molar-refractivity contribution in [3.8, 4) is 0 Å². The Kier molecular flexibility index (Phi) is 4.94. The van der Waals surface area contributed by atoms with Crippen molar-refractivity contribution in [2.24, 2.45) is 5.92 Å². The van der Waals surface area contributed by atoms with Crippen molar-refractivity contribution >= 4 is 23.6 Å². The molecule has 5 heteroatoms. The molecule has 1 aliphatic carbocycles. The first-order chi connectivity index (χ1) is 7.08. The highest BCUT2D eigenvalue weighted by Gasteiger charge is 2.21. The molecule has 0 aliphatic heterocycles. The molecule has 0 aromatic heterocycles. The second-order valence-electron chi connectivity index (χ2n) is 3.97. The maximum absolute atomic E-state index is 11.3. The highest BCUT2D eigenvalue weighted by atomic mass is 32.2. The normalized spacial score (nSPS) is 17.1. The van der Waals surface area contributed by atoms with Crippen LogP contribution in [0, 0.1) is 5.92 Å². The predicted octanol–water partition coefficient (Wildman–Crippen LogP) is 1.11. The van der Waals surface area contributed by atoms with Crippen molar-refractivity contribution in [3.05, 3.63) is 0 Å². The van der Waals surface area contributed by atoms with Crippen LogP contribution in [0.1, 0.15) is 26.2 Å². The molecule has 1 unspecified atom stereocenters. The fraction of sp³-hybridized carbons (Fsp3) is 0.800. The average molecular weight is 231 g/mol. The molecule has 2 N–H and O–H groups in total. The lowest BCUT2D eigenvalue weighted by atomic mass is 10.3. The number of hydrogen-bond acceptors (Lipinski definition) is 3. The van der Waals surface area contributed by atoms with Crippen molar-refractivity contribution < 1.29 is 14.7 Å². The Morgan fingerprint density at radius 3 is 2.73 bits per heavy atom. The monoisotopic (exact) mass is 231 g/mol. The Hall–Kier alpha value is -0.710. The second-order valence-corrected chi connectivity index (χ2v) is 5.39. The lowest BCUT2D eigenvalue weighted by Gasteiger charge is -2.08. The van der Waals surface area contributed by atoms with Crippen LogP contribution in [0.4, 0.5) is 0 Å². The summed E-state index contributed by atoms with van der Waals surface area (Å²) in [5, 5.41) is 11.4. The first kappa shape index (κ1) is 12.4. The molecule has 0 saturated heterocycles. The van der Waals surface area contributed by atoms with Crippen molar-refractivity contribution in [1.29, 1.82) is 0 Å². The highest BCUT2D eigenvalue weighted by Crippen LogP contribution is 2.27. The van der Waals surface area contributed by atoms with Crippen LogP contribution in [-0.4, -0.2) is 34.5 Å². The molecule has 86 valence electrons. The van der Waals surface area contributed by atoms with E-state index in [-0.39, 0.29) is 17.6 Å². The van der Waals surface area contributed by atoms with Crippen molar-refractivity contribution in [1.82, 2.24) is 5.32 Å². The Balaban J connectivity index is 2.01. The quantitative estimate of drug-likeness (QED) is 0.689. The van der Waals surface area contributed by atoms with E-state index in [2.05, 4.69) is 5.32 Å². The Morgan fingerprint density at radius 2 is 2.20 bits per heavy atom. The van der Waals surface area contributed by atoms with Gasteiger partial charge in [0, 0.05) is 11.8 Å². The maximum atomic E-state index is 11.3. The van der Waals surface area contributed by atoms with E-state index in [0.29, 0.717) is 11.7 Å². The summed E-state index contributed by atoms with van der Waals surface area (Å²) in [5.41, 5.74) is 0. The summed E-state index contributed by atoms with van der Waals surface area (Å²) in [6.45, 7) is 2.61. The van der Waals surface area contributed by atoms with Gasteiger partial charge in [0.15, 0.2) is 0 Å². The van der Waals surface area contributed by atoms with Gasteiger partial charge in [-0.05, 0) is 18.8 Å².